The summed E-state index contributed by atoms with van der Waals surface area (Å²) >= 11 is 0. The van der Waals surface area contributed by atoms with Gasteiger partial charge in [0, 0.05) is 30.0 Å². The number of sulfonamides is 1. The van der Waals surface area contributed by atoms with Crippen LogP contribution < -0.4 is 14.9 Å². The highest BCUT2D eigenvalue weighted by Crippen LogP contribution is 2.24. The number of nitrogens with zero attached hydrogens (tertiary/aromatic N) is 1. The summed E-state index contributed by atoms with van der Waals surface area (Å²) in [5.41, 5.74) is 4.45. The van der Waals surface area contributed by atoms with E-state index in [1.807, 2.05) is 31.2 Å². The quantitative estimate of drug-likeness (QED) is 0.558. The molecule has 32 heavy (non-hydrogen) atoms. The topological polar surface area (TPSA) is 78.5 Å². The molecule has 0 atom stereocenters. The first kappa shape index (κ1) is 21.9. The van der Waals surface area contributed by atoms with E-state index in [1.54, 1.807) is 49.4 Å². The third-order valence-corrected chi connectivity index (χ3v) is 7.04. The Labute approximate surface area is 189 Å². The predicted octanol–water partition coefficient (Wildman–Crippen LogP) is 4.96. The average Bonchev–Trinajstić information content (AvgIpc) is 3.31. The number of benzene rings is 3. The van der Waals surface area contributed by atoms with Crippen LogP contribution in [-0.2, 0) is 10.0 Å². The van der Waals surface area contributed by atoms with Gasteiger partial charge in [-0.1, -0.05) is 17.7 Å². The summed E-state index contributed by atoms with van der Waals surface area (Å²) in [5.74, 6) is -0.241. The molecule has 2 N–H and O–H groups in total. The summed E-state index contributed by atoms with van der Waals surface area (Å²) in [6.45, 7) is 5.82. The van der Waals surface area contributed by atoms with Crippen LogP contribution in [0, 0.1) is 13.8 Å². The number of anilines is 3. The van der Waals surface area contributed by atoms with Gasteiger partial charge in [-0.05, 0) is 86.8 Å². The predicted molar refractivity (Wildman–Crippen MR) is 129 cm³/mol. The first-order chi connectivity index (χ1) is 15.3. The van der Waals surface area contributed by atoms with Gasteiger partial charge in [-0.15, -0.1) is 0 Å². The Balaban J connectivity index is 1.44. The van der Waals surface area contributed by atoms with Crippen LogP contribution in [-0.4, -0.2) is 27.4 Å². The Hall–Kier alpha value is -3.32. The molecule has 1 aliphatic heterocycles. The summed E-state index contributed by atoms with van der Waals surface area (Å²) in [6, 6.07) is 19.4. The van der Waals surface area contributed by atoms with Gasteiger partial charge in [-0.2, -0.15) is 0 Å². The summed E-state index contributed by atoms with van der Waals surface area (Å²) < 4.78 is 27.9. The summed E-state index contributed by atoms with van der Waals surface area (Å²) in [7, 11) is -3.70. The van der Waals surface area contributed by atoms with Crippen molar-refractivity contribution in [2.75, 3.05) is 28.0 Å². The van der Waals surface area contributed by atoms with E-state index in [4.69, 9.17) is 0 Å². The maximum atomic E-state index is 12.7. The number of carbonyl (C=O) groups excluding carboxylic acids is 1. The molecule has 7 heteroatoms. The van der Waals surface area contributed by atoms with E-state index in [2.05, 4.69) is 14.9 Å². The molecule has 0 saturated carbocycles. The lowest BCUT2D eigenvalue weighted by Crippen LogP contribution is -2.17. The third-order valence-electron chi connectivity index (χ3n) is 5.66. The molecule has 1 aliphatic rings. The second kappa shape index (κ2) is 9.04. The minimum Gasteiger partial charge on any atom is -0.372 e. The van der Waals surface area contributed by atoms with E-state index in [-0.39, 0.29) is 10.8 Å². The van der Waals surface area contributed by atoms with Crippen molar-refractivity contribution in [2.24, 2.45) is 0 Å². The number of amides is 1. The highest BCUT2D eigenvalue weighted by atomic mass is 32.2. The van der Waals surface area contributed by atoms with Gasteiger partial charge in [0.2, 0.25) is 0 Å². The molecule has 1 saturated heterocycles. The molecule has 1 heterocycles. The van der Waals surface area contributed by atoms with Crippen LogP contribution in [0.3, 0.4) is 0 Å². The van der Waals surface area contributed by atoms with Crippen molar-refractivity contribution in [1.82, 2.24) is 0 Å². The number of aryl methyl sites for hydroxylation is 2. The smallest absolute Gasteiger partial charge is 0.261 e. The van der Waals surface area contributed by atoms with Crippen molar-refractivity contribution in [3.63, 3.8) is 0 Å². The Morgan fingerprint density at radius 1 is 0.875 bits per heavy atom. The molecule has 0 aliphatic carbocycles. The molecule has 0 radical (unpaired) electrons. The molecule has 0 bridgehead atoms. The highest BCUT2D eigenvalue weighted by Gasteiger charge is 2.17. The van der Waals surface area contributed by atoms with Crippen LogP contribution in [0.15, 0.2) is 71.6 Å². The van der Waals surface area contributed by atoms with Crippen LogP contribution in [0.25, 0.3) is 0 Å². The standard InChI is InChI=1S/C25H27N3O3S/c1-18-5-12-23(13-6-18)32(30,31)27-24-14-7-20(17-19(24)2)25(29)26-21-8-10-22(11-9-21)28-15-3-4-16-28/h5-14,17,27H,3-4,15-16H2,1-2H3,(H,26,29). The lowest BCUT2D eigenvalue weighted by molar-refractivity contribution is 0.102. The fraction of sp³-hybridized carbons (Fsp3) is 0.240. The fourth-order valence-corrected chi connectivity index (χ4v) is 4.91. The first-order valence-corrected chi connectivity index (χ1v) is 12.2. The summed E-state index contributed by atoms with van der Waals surface area (Å²) in [4.78, 5) is 15.2. The minimum atomic E-state index is -3.70. The van der Waals surface area contributed by atoms with E-state index in [0.717, 1.165) is 24.3 Å². The zero-order chi connectivity index (χ0) is 22.7. The molecule has 1 amide bonds. The first-order valence-electron chi connectivity index (χ1n) is 10.7. The Morgan fingerprint density at radius 2 is 1.53 bits per heavy atom. The maximum Gasteiger partial charge on any atom is 0.261 e. The van der Waals surface area contributed by atoms with E-state index >= 15 is 0 Å². The van der Waals surface area contributed by atoms with Gasteiger partial charge in [-0.3, -0.25) is 9.52 Å². The Bertz CT molecular complexity index is 1210. The van der Waals surface area contributed by atoms with Crippen LogP contribution >= 0.6 is 0 Å². The molecule has 3 aromatic rings. The van der Waals surface area contributed by atoms with E-state index in [1.165, 1.54) is 18.5 Å². The molecular formula is C25H27N3O3S. The number of hydrogen-bond acceptors (Lipinski definition) is 4. The highest BCUT2D eigenvalue weighted by molar-refractivity contribution is 7.92. The summed E-state index contributed by atoms with van der Waals surface area (Å²) in [6.07, 6.45) is 2.43. The van der Waals surface area contributed by atoms with Crippen LogP contribution in [0.1, 0.15) is 34.3 Å². The molecular weight excluding hydrogens is 422 g/mol. The molecule has 0 unspecified atom stereocenters. The second-order valence-corrected chi connectivity index (χ2v) is 9.83. The SMILES string of the molecule is Cc1ccc(S(=O)(=O)Nc2ccc(C(=O)Nc3ccc(N4CCCC4)cc3)cc2C)cc1. The lowest BCUT2D eigenvalue weighted by atomic mass is 10.1. The van der Waals surface area contributed by atoms with Crippen LogP contribution in [0.2, 0.25) is 0 Å². The monoisotopic (exact) mass is 449 g/mol. The number of nitrogens with one attached hydrogen (secondary N) is 2. The lowest BCUT2D eigenvalue weighted by Gasteiger charge is -2.18. The zero-order valence-corrected chi connectivity index (χ0v) is 19.1. The molecule has 0 aromatic heterocycles. The largest absolute Gasteiger partial charge is 0.372 e. The van der Waals surface area contributed by atoms with Gasteiger partial charge >= 0.3 is 0 Å². The molecule has 1 fully saturated rings. The molecule has 0 spiro atoms. The van der Waals surface area contributed by atoms with Crippen molar-refractivity contribution >= 4 is 33.0 Å². The molecule has 166 valence electrons. The van der Waals surface area contributed by atoms with Crippen LogP contribution in [0.5, 0.6) is 0 Å². The van der Waals surface area contributed by atoms with Gasteiger partial charge < -0.3 is 10.2 Å². The molecule has 4 rings (SSSR count). The van der Waals surface area contributed by atoms with Gasteiger partial charge in [-0.25, -0.2) is 8.42 Å². The fourth-order valence-electron chi connectivity index (χ4n) is 3.77. The average molecular weight is 450 g/mol. The minimum absolute atomic E-state index is 0.196. The number of hydrogen-bond donors (Lipinski definition) is 2. The molecule has 3 aromatic carbocycles. The Morgan fingerprint density at radius 3 is 2.16 bits per heavy atom. The van der Waals surface area contributed by atoms with Crippen molar-refractivity contribution in [3.05, 3.63) is 83.4 Å². The van der Waals surface area contributed by atoms with E-state index < -0.39 is 10.0 Å². The second-order valence-electron chi connectivity index (χ2n) is 8.14. The van der Waals surface area contributed by atoms with Crippen LogP contribution in [0.4, 0.5) is 17.1 Å². The summed E-state index contributed by atoms with van der Waals surface area (Å²) in [5, 5.41) is 2.91. The van der Waals surface area contributed by atoms with Gasteiger partial charge in [0.15, 0.2) is 0 Å². The Kier molecular flexibility index (Phi) is 6.19. The van der Waals surface area contributed by atoms with Gasteiger partial charge in [0.25, 0.3) is 15.9 Å². The van der Waals surface area contributed by atoms with Crippen molar-refractivity contribution in [2.45, 2.75) is 31.6 Å². The van der Waals surface area contributed by atoms with Gasteiger partial charge in [0.05, 0.1) is 10.6 Å². The van der Waals surface area contributed by atoms with Crippen molar-refractivity contribution in [1.29, 1.82) is 0 Å². The third kappa shape index (κ3) is 4.94. The van der Waals surface area contributed by atoms with E-state index in [0.29, 0.717) is 16.8 Å². The van der Waals surface area contributed by atoms with E-state index in [9.17, 15) is 13.2 Å². The van der Waals surface area contributed by atoms with Crippen molar-refractivity contribution < 1.29 is 13.2 Å². The maximum absolute atomic E-state index is 12.7. The zero-order valence-electron chi connectivity index (χ0n) is 18.3. The molecule has 6 nitrogen and oxygen atoms in total. The van der Waals surface area contributed by atoms with Crippen molar-refractivity contribution in [3.8, 4) is 0 Å². The number of rotatable bonds is 6. The van der Waals surface area contributed by atoms with Gasteiger partial charge in [0.1, 0.15) is 0 Å². The number of carbonyl (C=O) groups is 1. The normalized spacial score (nSPS) is 13.8.